The standard InChI is InChI=1S/C20H22N4O2S3/c1-13(12-26-2)21-20(27)24-23-17(25)11-16-18(15-9-6-10-28-15)22-19(29-16)14-7-4-3-5-8-14/h3-10,13H,11-12H2,1-2H3,(H,23,25)(H2,21,24,27). The first-order valence-electron chi connectivity index (χ1n) is 9.00. The van der Waals surface area contributed by atoms with Crippen LogP contribution in [0.3, 0.4) is 0 Å². The van der Waals surface area contributed by atoms with E-state index in [1.54, 1.807) is 18.4 Å². The van der Waals surface area contributed by atoms with E-state index in [0.29, 0.717) is 11.7 Å². The summed E-state index contributed by atoms with van der Waals surface area (Å²) in [6.45, 7) is 2.46. The van der Waals surface area contributed by atoms with Crippen LogP contribution in [0.2, 0.25) is 0 Å². The van der Waals surface area contributed by atoms with Crippen molar-refractivity contribution in [2.45, 2.75) is 19.4 Å². The number of carbonyl (C=O) groups excluding carboxylic acids is 1. The number of carbonyl (C=O) groups is 1. The number of benzene rings is 1. The molecule has 0 saturated carbocycles. The highest BCUT2D eigenvalue weighted by molar-refractivity contribution is 7.80. The van der Waals surface area contributed by atoms with Crippen molar-refractivity contribution in [2.75, 3.05) is 13.7 Å². The van der Waals surface area contributed by atoms with E-state index in [-0.39, 0.29) is 18.4 Å². The first kappa shape index (κ1) is 21.4. The predicted octanol–water partition coefficient (Wildman–Crippen LogP) is 3.61. The Morgan fingerprint density at radius 2 is 2.00 bits per heavy atom. The van der Waals surface area contributed by atoms with Crippen LogP contribution in [-0.4, -0.2) is 35.8 Å². The quantitative estimate of drug-likeness (QED) is 0.380. The zero-order chi connectivity index (χ0) is 20.6. The Kier molecular flexibility index (Phi) is 7.70. The third kappa shape index (κ3) is 6.07. The zero-order valence-electron chi connectivity index (χ0n) is 16.1. The fraction of sp³-hybridized carbons (Fsp3) is 0.250. The van der Waals surface area contributed by atoms with Crippen LogP contribution in [0, 0.1) is 0 Å². The fourth-order valence-corrected chi connectivity index (χ4v) is 4.79. The third-order valence-corrected chi connectivity index (χ3v) is 6.10. The zero-order valence-corrected chi connectivity index (χ0v) is 18.5. The van der Waals surface area contributed by atoms with Gasteiger partial charge in [0, 0.05) is 23.6 Å². The van der Waals surface area contributed by atoms with Crippen LogP contribution in [0.25, 0.3) is 21.1 Å². The number of hydrogen-bond acceptors (Lipinski definition) is 6. The number of thiocarbonyl (C=S) groups is 1. The van der Waals surface area contributed by atoms with Gasteiger partial charge < -0.3 is 10.1 Å². The Balaban J connectivity index is 1.68. The molecule has 2 aromatic heterocycles. The van der Waals surface area contributed by atoms with Gasteiger partial charge in [0.15, 0.2) is 5.11 Å². The van der Waals surface area contributed by atoms with Crippen molar-refractivity contribution in [2.24, 2.45) is 0 Å². The molecule has 2 heterocycles. The molecule has 0 saturated heterocycles. The Morgan fingerprint density at radius 1 is 1.21 bits per heavy atom. The molecule has 152 valence electrons. The van der Waals surface area contributed by atoms with Gasteiger partial charge in [0.1, 0.15) is 5.01 Å². The van der Waals surface area contributed by atoms with Crippen LogP contribution >= 0.6 is 34.9 Å². The molecule has 3 N–H and O–H groups in total. The molecule has 1 unspecified atom stereocenters. The van der Waals surface area contributed by atoms with E-state index in [0.717, 1.165) is 26.0 Å². The molecule has 0 aliphatic heterocycles. The number of nitrogens with one attached hydrogen (secondary N) is 3. The SMILES string of the molecule is COCC(C)NC(=S)NNC(=O)Cc1sc(-c2ccccc2)nc1-c1cccs1. The highest BCUT2D eigenvalue weighted by Gasteiger charge is 2.18. The smallest absolute Gasteiger partial charge is 0.243 e. The van der Waals surface area contributed by atoms with Crippen LogP contribution < -0.4 is 16.2 Å². The summed E-state index contributed by atoms with van der Waals surface area (Å²) in [6.07, 6.45) is 0.209. The number of nitrogens with zero attached hydrogens (tertiary/aromatic N) is 1. The summed E-state index contributed by atoms with van der Waals surface area (Å²) in [7, 11) is 1.63. The molecule has 6 nitrogen and oxygen atoms in total. The Morgan fingerprint density at radius 3 is 2.69 bits per heavy atom. The van der Waals surface area contributed by atoms with Gasteiger partial charge in [0.05, 0.1) is 23.6 Å². The minimum absolute atomic E-state index is 0.0391. The van der Waals surface area contributed by atoms with Crippen LogP contribution in [0.1, 0.15) is 11.8 Å². The van der Waals surface area contributed by atoms with E-state index in [1.807, 2.05) is 54.8 Å². The average Bonchev–Trinajstić information content (AvgIpc) is 3.37. The molecule has 1 atom stereocenters. The lowest BCUT2D eigenvalue weighted by atomic mass is 10.2. The highest BCUT2D eigenvalue weighted by Crippen LogP contribution is 2.36. The number of thiophene rings is 1. The van der Waals surface area contributed by atoms with Gasteiger partial charge in [-0.15, -0.1) is 22.7 Å². The number of hydrazine groups is 1. The lowest BCUT2D eigenvalue weighted by Gasteiger charge is -2.16. The third-order valence-electron chi connectivity index (χ3n) is 3.90. The van der Waals surface area contributed by atoms with Crippen molar-refractivity contribution < 1.29 is 9.53 Å². The summed E-state index contributed by atoms with van der Waals surface area (Å²) < 4.78 is 5.05. The van der Waals surface area contributed by atoms with Crippen LogP contribution in [0.15, 0.2) is 47.8 Å². The summed E-state index contributed by atoms with van der Waals surface area (Å²) in [5, 5.41) is 6.28. The van der Waals surface area contributed by atoms with Crippen LogP contribution in [0.5, 0.6) is 0 Å². The van der Waals surface area contributed by atoms with E-state index < -0.39 is 0 Å². The molecule has 0 aliphatic rings. The molecule has 1 amide bonds. The summed E-state index contributed by atoms with van der Waals surface area (Å²) in [5.41, 5.74) is 7.28. The van der Waals surface area contributed by atoms with Gasteiger partial charge in [-0.25, -0.2) is 4.98 Å². The van der Waals surface area contributed by atoms with Gasteiger partial charge in [0.25, 0.3) is 0 Å². The monoisotopic (exact) mass is 446 g/mol. The number of methoxy groups -OCH3 is 1. The van der Waals surface area contributed by atoms with E-state index >= 15 is 0 Å². The molecule has 3 aromatic rings. The van der Waals surface area contributed by atoms with Gasteiger partial charge in [-0.2, -0.15) is 0 Å². The lowest BCUT2D eigenvalue weighted by Crippen LogP contribution is -2.50. The molecule has 3 rings (SSSR count). The molecule has 9 heteroatoms. The van der Waals surface area contributed by atoms with Crippen molar-refractivity contribution in [1.29, 1.82) is 0 Å². The van der Waals surface area contributed by atoms with Crippen molar-refractivity contribution in [1.82, 2.24) is 21.2 Å². The van der Waals surface area contributed by atoms with Crippen LogP contribution in [0.4, 0.5) is 0 Å². The van der Waals surface area contributed by atoms with Crippen LogP contribution in [-0.2, 0) is 16.0 Å². The number of hydrogen-bond donors (Lipinski definition) is 3. The Hall–Kier alpha value is -2.33. The molecule has 0 aliphatic carbocycles. The first-order chi connectivity index (χ1) is 14.1. The summed E-state index contributed by atoms with van der Waals surface area (Å²) in [4.78, 5) is 19.3. The number of thiazole rings is 1. The predicted molar refractivity (Wildman–Crippen MR) is 123 cm³/mol. The molecule has 0 fully saturated rings. The second-order valence-corrected chi connectivity index (χ2v) is 8.75. The van der Waals surface area contributed by atoms with E-state index in [9.17, 15) is 4.79 Å². The minimum atomic E-state index is -0.186. The van der Waals surface area contributed by atoms with E-state index in [4.69, 9.17) is 21.9 Å². The molecular weight excluding hydrogens is 424 g/mol. The van der Waals surface area contributed by atoms with Gasteiger partial charge in [0.2, 0.25) is 5.91 Å². The second-order valence-electron chi connectivity index (χ2n) is 6.31. The van der Waals surface area contributed by atoms with Gasteiger partial charge >= 0.3 is 0 Å². The minimum Gasteiger partial charge on any atom is -0.383 e. The number of ether oxygens (including phenoxy) is 1. The second kappa shape index (κ2) is 10.4. The van der Waals surface area contributed by atoms with Gasteiger partial charge in [-0.05, 0) is 30.6 Å². The molecule has 0 radical (unpaired) electrons. The van der Waals surface area contributed by atoms with Crippen molar-refractivity contribution in [3.8, 4) is 21.1 Å². The van der Waals surface area contributed by atoms with E-state index in [2.05, 4.69) is 16.2 Å². The van der Waals surface area contributed by atoms with E-state index in [1.165, 1.54) is 11.3 Å². The lowest BCUT2D eigenvalue weighted by molar-refractivity contribution is -0.120. The maximum absolute atomic E-state index is 12.5. The normalized spacial score (nSPS) is 11.7. The summed E-state index contributed by atoms with van der Waals surface area (Å²) in [5.74, 6) is -0.186. The largest absolute Gasteiger partial charge is 0.383 e. The van der Waals surface area contributed by atoms with Gasteiger partial charge in [-0.3, -0.25) is 15.6 Å². The number of rotatable bonds is 7. The molecule has 0 bridgehead atoms. The van der Waals surface area contributed by atoms with Crippen molar-refractivity contribution in [3.63, 3.8) is 0 Å². The van der Waals surface area contributed by atoms with Gasteiger partial charge in [-0.1, -0.05) is 36.4 Å². The average molecular weight is 447 g/mol. The number of amides is 1. The molecular formula is C20H22N4O2S3. The van der Waals surface area contributed by atoms with Crippen molar-refractivity contribution >= 4 is 45.9 Å². The summed E-state index contributed by atoms with van der Waals surface area (Å²) in [6, 6.07) is 14.0. The Bertz CT molecular complexity index is 942. The highest BCUT2D eigenvalue weighted by atomic mass is 32.1. The topological polar surface area (TPSA) is 75.3 Å². The first-order valence-corrected chi connectivity index (χ1v) is 11.1. The number of aromatic nitrogens is 1. The molecule has 0 spiro atoms. The molecule has 1 aromatic carbocycles. The fourth-order valence-electron chi connectivity index (χ4n) is 2.65. The summed E-state index contributed by atoms with van der Waals surface area (Å²) >= 11 is 8.33. The maximum Gasteiger partial charge on any atom is 0.243 e. The molecule has 29 heavy (non-hydrogen) atoms. The maximum atomic E-state index is 12.5. The van der Waals surface area contributed by atoms with Crippen molar-refractivity contribution in [3.05, 3.63) is 52.7 Å². The Labute approximate surface area is 183 Å².